The molecule has 1 aliphatic rings. The highest BCUT2D eigenvalue weighted by Gasteiger charge is 2.28. The summed E-state index contributed by atoms with van der Waals surface area (Å²) in [6.45, 7) is 0.937. The fourth-order valence-electron chi connectivity index (χ4n) is 3.25. The van der Waals surface area contributed by atoms with E-state index in [0.29, 0.717) is 29.5 Å². The maximum absolute atomic E-state index is 13.0. The number of nitrogens with one attached hydrogen (secondary N) is 1. The van der Waals surface area contributed by atoms with Crippen molar-refractivity contribution in [3.63, 3.8) is 0 Å². The lowest BCUT2D eigenvalue weighted by Gasteiger charge is -2.17. The van der Waals surface area contributed by atoms with Crippen LogP contribution in [-0.4, -0.2) is 46.5 Å². The largest absolute Gasteiger partial charge is 0.320 e. The van der Waals surface area contributed by atoms with Crippen molar-refractivity contribution in [1.82, 2.24) is 19.1 Å². The van der Waals surface area contributed by atoms with Crippen molar-refractivity contribution in [2.24, 2.45) is 0 Å². The van der Waals surface area contributed by atoms with Gasteiger partial charge in [0, 0.05) is 18.1 Å². The van der Waals surface area contributed by atoms with E-state index in [1.807, 2.05) is 0 Å². The number of hydrogen-bond donors (Lipinski definition) is 1. The molecule has 156 valence electrons. The smallest absolute Gasteiger partial charge is 0.257 e. The van der Waals surface area contributed by atoms with Crippen LogP contribution in [-0.2, 0) is 10.0 Å². The molecule has 1 aliphatic heterocycles. The third-order valence-corrected chi connectivity index (χ3v) is 7.22. The van der Waals surface area contributed by atoms with Gasteiger partial charge in [-0.05, 0) is 49.2 Å². The van der Waals surface area contributed by atoms with Crippen LogP contribution < -0.4 is 5.32 Å². The van der Waals surface area contributed by atoms with Gasteiger partial charge in [-0.1, -0.05) is 23.2 Å². The van der Waals surface area contributed by atoms with Gasteiger partial charge in [-0.2, -0.15) is 9.40 Å². The fraction of sp³-hybridized carbons (Fsp3) is 0.211. The molecule has 4 rings (SSSR count). The van der Waals surface area contributed by atoms with Crippen molar-refractivity contribution < 1.29 is 13.2 Å². The molecule has 0 unspecified atom stereocenters. The lowest BCUT2D eigenvalue weighted by molar-refractivity contribution is 0.102. The molecule has 3 aromatic rings. The molecule has 30 heavy (non-hydrogen) atoms. The first kappa shape index (κ1) is 20.8. The van der Waals surface area contributed by atoms with Crippen LogP contribution >= 0.6 is 23.2 Å². The lowest BCUT2D eigenvalue weighted by atomic mass is 10.2. The van der Waals surface area contributed by atoms with Crippen LogP contribution in [0.5, 0.6) is 0 Å². The number of sulfonamides is 1. The lowest BCUT2D eigenvalue weighted by Crippen LogP contribution is -2.28. The second-order valence-corrected chi connectivity index (χ2v) is 9.49. The van der Waals surface area contributed by atoms with Crippen molar-refractivity contribution >= 4 is 44.8 Å². The summed E-state index contributed by atoms with van der Waals surface area (Å²) < 4.78 is 28.6. The Labute approximate surface area is 183 Å². The van der Waals surface area contributed by atoms with E-state index < -0.39 is 15.9 Å². The first-order chi connectivity index (χ1) is 14.4. The topological polar surface area (TPSA) is 97.2 Å². The van der Waals surface area contributed by atoms with E-state index in [-0.39, 0.29) is 15.5 Å². The van der Waals surface area contributed by atoms with Gasteiger partial charge in [0.1, 0.15) is 12.7 Å². The molecule has 0 bridgehead atoms. The molecule has 1 amide bonds. The predicted octanol–water partition coefficient (Wildman–Crippen LogP) is 3.61. The van der Waals surface area contributed by atoms with Crippen LogP contribution in [0.2, 0.25) is 10.0 Å². The molecule has 2 heterocycles. The zero-order valence-electron chi connectivity index (χ0n) is 15.6. The Kier molecular flexibility index (Phi) is 5.79. The number of hydrogen-bond acceptors (Lipinski definition) is 5. The molecule has 0 saturated carbocycles. The summed E-state index contributed by atoms with van der Waals surface area (Å²) in [5.41, 5.74) is 0.963. The van der Waals surface area contributed by atoms with Gasteiger partial charge < -0.3 is 5.32 Å². The Balaban J connectivity index is 1.67. The number of nitrogens with zero attached hydrogens (tertiary/aromatic N) is 4. The van der Waals surface area contributed by atoms with Gasteiger partial charge in [-0.3, -0.25) is 4.79 Å². The third-order valence-electron chi connectivity index (χ3n) is 4.76. The molecule has 1 aromatic heterocycles. The van der Waals surface area contributed by atoms with E-state index in [4.69, 9.17) is 23.2 Å². The van der Waals surface area contributed by atoms with Crippen molar-refractivity contribution in [2.45, 2.75) is 17.7 Å². The van der Waals surface area contributed by atoms with Crippen molar-refractivity contribution in [3.8, 4) is 5.69 Å². The highest BCUT2D eigenvalue weighted by Crippen LogP contribution is 2.28. The minimum Gasteiger partial charge on any atom is -0.320 e. The number of aromatic nitrogens is 3. The summed E-state index contributed by atoms with van der Waals surface area (Å²) in [5.74, 6) is -0.567. The number of anilines is 1. The highest BCUT2D eigenvalue weighted by atomic mass is 35.5. The molecule has 1 fully saturated rings. The minimum absolute atomic E-state index is 0.0292. The SMILES string of the molecule is O=C(Nc1cc(Cl)ccc1-n1cncn1)c1cc(S(=O)(=O)N2CCCC2)ccc1Cl. The standard InChI is InChI=1S/C19H17Cl2N5O3S/c20-13-3-6-18(26-12-22-11-23-26)17(9-13)24-19(27)15-10-14(4-5-16(15)21)30(28,29)25-7-1-2-8-25/h3-6,9-12H,1-2,7-8H2,(H,24,27). The first-order valence-corrected chi connectivity index (χ1v) is 11.3. The molecule has 0 spiro atoms. The summed E-state index contributed by atoms with van der Waals surface area (Å²) in [5, 5.41) is 7.35. The van der Waals surface area contributed by atoms with Crippen LogP contribution in [0.15, 0.2) is 53.9 Å². The van der Waals surface area contributed by atoms with Gasteiger partial charge in [-0.15, -0.1) is 0 Å². The van der Waals surface area contributed by atoms with Crippen LogP contribution in [0.3, 0.4) is 0 Å². The normalized spacial score (nSPS) is 14.7. The molecular formula is C19H17Cl2N5O3S. The van der Waals surface area contributed by atoms with E-state index in [0.717, 1.165) is 12.8 Å². The average Bonchev–Trinajstić information content (AvgIpc) is 3.43. The number of rotatable bonds is 5. The van der Waals surface area contributed by atoms with Crippen molar-refractivity contribution in [2.75, 3.05) is 18.4 Å². The van der Waals surface area contributed by atoms with Gasteiger partial charge in [-0.25, -0.2) is 18.1 Å². The van der Waals surface area contributed by atoms with Crippen LogP contribution in [0.25, 0.3) is 5.69 Å². The molecule has 0 radical (unpaired) electrons. The molecule has 2 aromatic carbocycles. The van der Waals surface area contributed by atoms with Crippen LogP contribution in [0, 0.1) is 0 Å². The van der Waals surface area contributed by atoms with Crippen LogP contribution in [0.4, 0.5) is 5.69 Å². The van der Waals surface area contributed by atoms with E-state index in [1.54, 1.807) is 18.2 Å². The summed E-state index contributed by atoms with van der Waals surface area (Å²) in [4.78, 5) is 16.9. The van der Waals surface area contributed by atoms with Gasteiger partial charge in [0.15, 0.2) is 0 Å². The zero-order valence-corrected chi connectivity index (χ0v) is 18.0. The quantitative estimate of drug-likeness (QED) is 0.620. The van der Waals surface area contributed by atoms with Gasteiger partial charge in [0.05, 0.1) is 26.9 Å². The molecule has 11 heteroatoms. The maximum Gasteiger partial charge on any atom is 0.257 e. The monoisotopic (exact) mass is 465 g/mol. The highest BCUT2D eigenvalue weighted by molar-refractivity contribution is 7.89. The molecule has 1 N–H and O–H groups in total. The van der Waals surface area contributed by atoms with Gasteiger partial charge in [0.25, 0.3) is 5.91 Å². The Hall–Kier alpha value is -2.46. The Morgan fingerprint density at radius 2 is 1.83 bits per heavy atom. The number of amides is 1. The number of halogens is 2. The van der Waals surface area contributed by atoms with Gasteiger partial charge in [0.2, 0.25) is 10.0 Å². The Morgan fingerprint density at radius 1 is 1.07 bits per heavy atom. The molecule has 1 saturated heterocycles. The number of carbonyl (C=O) groups is 1. The number of carbonyl (C=O) groups excluding carboxylic acids is 1. The second-order valence-electron chi connectivity index (χ2n) is 6.71. The van der Waals surface area contributed by atoms with Crippen LogP contribution in [0.1, 0.15) is 23.2 Å². The maximum atomic E-state index is 13.0. The predicted molar refractivity (Wildman–Crippen MR) is 114 cm³/mol. The van der Waals surface area contributed by atoms with Crippen molar-refractivity contribution in [3.05, 3.63) is 64.7 Å². The Bertz CT molecular complexity index is 1190. The third kappa shape index (κ3) is 4.06. The average molecular weight is 466 g/mol. The summed E-state index contributed by atoms with van der Waals surface area (Å²) in [7, 11) is -3.68. The van der Waals surface area contributed by atoms with E-state index in [9.17, 15) is 13.2 Å². The molecule has 0 atom stereocenters. The first-order valence-electron chi connectivity index (χ1n) is 9.12. The molecular weight excluding hydrogens is 449 g/mol. The van der Waals surface area contributed by atoms with E-state index in [1.165, 1.54) is 39.8 Å². The van der Waals surface area contributed by atoms with Gasteiger partial charge >= 0.3 is 0 Å². The fourth-order valence-corrected chi connectivity index (χ4v) is 5.17. The van der Waals surface area contributed by atoms with Crippen molar-refractivity contribution in [1.29, 1.82) is 0 Å². The van der Waals surface area contributed by atoms with E-state index in [2.05, 4.69) is 15.4 Å². The Morgan fingerprint density at radius 3 is 2.53 bits per heavy atom. The zero-order chi connectivity index (χ0) is 21.3. The molecule has 8 nitrogen and oxygen atoms in total. The minimum atomic E-state index is -3.68. The summed E-state index contributed by atoms with van der Waals surface area (Å²) in [6.07, 6.45) is 4.48. The summed E-state index contributed by atoms with van der Waals surface area (Å²) >= 11 is 12.3. The van der Waals surface area contributed by atoms with E-state index >= 15 is 0 Å². The second kappa shape index (κ2) is 8.35. The number of benzene rings is 2. The summed E-state index contributed by atoms with van der Waals surface area (Å²) in [6, 6.07) is 9.02. The molecule has 0 aliphatic carbocycles.